The molecule has 0 spiro atoms. The van der Waals surface area contributed by atoms with Crippen LogP contribution in [0.25, 0.3) is 0 Å². The van der Waals surface area contributed by atoms with Crippen LogP contribution in [0.1, 0.15) is 42.7 Å². The van der Waals surface area contributed by atoms with Gasteiger partial charge in [-0.15, -0.1) is 0 Å². The number of benzene rings is 1. The lowest BCUT2D eigenvalue weighted by atomic mass is 9.86. The van der Waals surface area contributed by atoms with Gasteiger partial charge in [0.1, 0.15) is 0 Å². The molecule has 0 aromatic heterocycles. The number of piperidine rings is 1. The Kier molecular flexibility index (Phi) is 3.76. The summed E-state index contributed by atoms with van der Waals surface area (Å²) in [6, 6.07) is 3.37. The van der Waals surface area contributed by atoms with Gasteiger partial charge in [0.2, 0.25) is 5.91 Å². The number of amides is 1. The van der Waals surface area contributed by atoms with Crippen LogP contribution >= 0.6 is 0 Å². The molecule has 6 nitrogen and oxygen atoms in total. The van der Waals surface area contributed by atoms with Crippen LogP contribution in [0.4, 0.5) is 5.69 Å². The Morgan fingerprint density at radius 1 is 1.32 bits per heavy atom. The number of carbonyl (C=O) groups is 1. The maximum absolute atomic E-state index is 11.9. The van der Waals surface area contributed by atoms with Gasteiger partial charge in [-0.3, -0.25) is 14.9 Å². The molecular formula is C16H20N2O4. The zero-order valence-electron chi connectivity index (χ0n) is 12.9. The van der Waals surface area contributed by atoms with Crippen LogP contribution in [0, 0.1) is 17.0 Å². The van der Waals surface area contributed by atoms with Crippen molar-refractivity contribution in [3.63, 3.8) is 0 Å². The van der Waals surface area contributed by atoms with Crippen molar-refractivity contribution in [3.8, 4) is 5.75 Å². The maximum atomic E-state index is 11.9. The van der Waals surface area contributed by atoms with Crippen molar-refractivity contribution in [2.24, 2.45) is 0 Å². The monoisotopic (exact) mass is 304 g/mol. The van der Waals surface area contributed by atoms with E-state index >= 15 is 0 Å². The Balaban J connectivity index is 1.93. The minimum absolute atomic E-state index is 0.0207. The van der Waals surface area contributed by atoms with E-state index in [4.69, 9.17) is 4.74 Å². The molecule has 3 rings (SSSR count). The first-order valence-electron chi connectivity index (χ1n) is 7.65. The van der Waals surface area contributed by atoms with Crippen molar-refractivity contribution >= 4 is 11.6 Å². The maximum Gasteiger partial charge on any atom is 0.311 e. The number of nitro groups is 1. The fourth-order valence-corrected chi connectivity index (χ4v) is 2.94. The number of aryl methyl sites for hydroxylation is 1. The highest BCUT2D eigenvalue weighted by atomic mass is 16.6. The topological polar surface area (TPSA) is 72.7 Å². The predicted octanol–water partition coefficient (Wildman–Crippen LogP) is 2.78. The van der Waals surface area contributed by atoms with E-state index in [9.17, 15) is 14.9 Å². The summed E-state index contributed by atoms with van der Waals surface area (Å²) in [6.45, 7) is 2.59. The van der Waals surface area contributed by atoms with Gasteiger partial charge < -0.3 is 9.64 Å². The van der Waals surface area contributed by atoms with E-state index in [0.29, 0.717) is 12.2 Å². The van der Waals surface area contributed by atoms with Crippen LogP contribution in [0.2, 0.25) is 0 Å². The molecule has 2 aliphatic rings. The van der Waals surface area contributed by atoms with E-state index in [1.54, 1.807) is 17.0 Å². The summed E-state index contributed by atoms with van der Waals surface area (Å²) in [5.41, 5.74) is 1.88. The molecule has 1 aliphatic heterocycles. The number of likely N-dealkylation sites (tertiary alicyclic amines) is 1. The summed E-state index contributed by atoms with van der Waals surface area (Å²) in [6.07, 6.45) is 3.34. The van der Waals surface area contributed by atoms with E-state index in [1.807, 2.05) is 14.0 Å². The summed E-state index contributed by atoms with van der Waals surface area (Å²) in [4.78, 5) is 24.5. The van der Waals surface area contributed by atoms with Gasteiger partial charge in [-0.05, 0) is 49.3 Å². The minimum atomic E-state index is -0.395. The lowest BCUT2D eigenvalue weighted by Gasteiger charge is -2.30. The van der Waals surface area contributed by atoms with E-state index in [1.165, 1.54) is 0 Å². The van der Waals surface area contributed by atoms with E-state index < -0.39 is 4.92 Å². The molecule has 0 bridgehead atoms. The Labute approximate surface area is 129 Å². The van der Waals surface area contributed by atoms with Crippen LogP contribution < -0.4 is 4.74 Å². The highest BCUT2D eigenvalue weighted by Gasteiger charge is 2.31. The second-order valence-corrected chi connectivity index (χ2v) is 6.26. The van der Waals surface area contributed by atoms with Crippen molar-refractivity contribution < 1.29 is 14.5 Å². The van der Waals surface area contributed by atoms with Gasteiger partial charge in [-0.1, -0.05) is 0 Å². The summed E-state index contributed by atoms with van der Waals surface area (Å²) in [7, 11) is 1.81. The van der Waals surface area contributed by atoms with Gasteiger partial charge in [0, 0.05) is 26.1 Å². The van der Waals surface area contributed by atoms with Gasteiger partial charge in [-0.25, -0.2) is 0 Å². The summed E-state index contributed by atoms with van der Waals surface area (Å²) in [5, 5.41) is 11.2. The average molecular weight is 304 g/mol. The number of rotatable bonds is 4. The lowest BCUT2D eigenvalue weighted by Crippen LogP contribution is -2.34. The normalized spacial score (nSPS) is 21.8. The molecule has 0 radical (unpaired) electrons. The zero-order chi connectivity index (χ0) is 15.9. The quantitative estimate of drug-likeness (QED) is 0.633. The molecular weight excluding hydrogens is 284 g/mol. The molecule has 1 unspecified atom stereocenters. The molecule has 0 N–H and O–H groups in total. The van der Waals surface area contributed by atoms with Gasteiger partial charge >= 0.3 is 5.69 Å². The van der Waals surface area contributed by atoms with Crippen molar-refractivity contribution in [1.82, 2.24) is 4.90 Å². The third-order valence-corrected chi connectivity index (χ3v) is 4.46. The van der Waals surface area contributed by atoms with Crippen LogP contribution in [-0.2, 0) is 4.79 Å². The van der Waals surface area contributed by atoms with Crippen LogP contribution in [0.15, 0.2) is 12.1 Å². The fraction of sp³-hybridized carbons (Fsp3) is 0.562. The first-order valence-corrected chi connectivity index (χ1v) is 7.65. The van der Waals surface area contributed by atoms with Crippen LogP contribution in [-0.4, -0.2) is 35.4 Å². The van der Waals surface area contributed by atoms with Gasteiger partial charge in [0.05, 0.1) is 11.0 Å². The Morgan fingerprint density at radius 2 is 2.05 bits per heavy atom. The highest BCUT2D eigenvalue weighted by Crippen LogP contribution is 2.39. The molecule has 1 atom stereocenters. The number of hydrogen-bond acceptors (Lipinski definition) is 4. The Morgan fingerprint density at radius 3 is 2.64 bits per heavy atom. The summed E-state index contributed by atoms with van der Waals surface area (Å²) in [5.74, 6) is 0.587. The molecule has 2 fully saturated rings. The second-order valence-electron chi connectivity index (χ2n) is 6.26. The Hall–Kier alpha value is -2.11. The number of ether oxygens (including phenoxy) is 1. The van der Waals surface area contributed by atoms with Crippen molar-refractivity contribution in [2.45, 2.75) is 44.6 Å². The van der Waals surface area contributed by atoms with Crippen molar-refractivity contribution in [3.05, 3.63) is 33.4 Å². The van der Waals surface area contributed by atoms with Gasteiger partial charge in [0.25, 0.3) is 0 Å². The highest BCUT2D eigenvalue weighted by molar-refractivity contribution is 5.78. The smallest absolute Gasteiger partial charge is 0.311 e. The molecule has 1 aromatic rings. The average Bonchev–Trinajstić information content (AvgIpc) is 3.27. The molecule has 1 aliphatic carbocycles. The van der Waals surface area contributed by atoms with E-state index in [2.05, 4.69) is 0 Å². The molecule has 1 saturated carbocycles. The van der Waals surface area contributed by atoms with E-state index in [-0.39, 0.29) is 23.6 Å². The number of hydrogen-bond donors (Lipinski definition) is 0. The predicted molar refractivity (Wildman–Crippen MR) is 81.1 cm³/mol. The largest absolute Gasteiger partial charge is 0.483 e. The molecule has 1 amide bonds. The first kappa shape index (κ1) is 14.8. The SMILES string of the molecule is Cc1cc([N+](=O)[O-])c(OC2CC2)cc1C1CCN(C)C(=O)C1. The standard InChI is InChI=1S/C16H20N2O4/c1-10-7-14(18(20)21)15(22-12-3-4-12)9-13(10)11-5-6-17(2)16(19)8-11/h7,9,11-12H,3-6,8H2,1-2H3. The zero-order valence-corrected chi connectivity index (χ0v) is 12.9. The summed E-state index contributed by atoms with van der Waals surface area (Å²) >= 11 is 0. The van der Waals surface area contributed by atoms with Crippen molar-refractivity contribution in [1.29, 1.82) is 0 Å². The molecule has 118 valence electrons. The van der Waals surface area contributed by atoms with Crippen molar-refractivity contribution in [2.75, 3.05) is 13.6 Å². The molecule has 22 heavy (non-hydrogen) atoms. The molecule has 1 saturated heterocycles. The van der Waals surface area contributed by atoms with Gasteiger partial charge in [-0.2, -0.15) is 0 Å². The third kappa shape index (κ3) is 2.91. The second kappa shape index (κ2) is 5.59. The lowest BCUT2D eigenvalue weighted by molar-refractivity contribution is -0.386. The first-order chi connectivity index (χ1) is 10.5. The molecule has 1 aromatic carbocycles. The fourth-order valence-electron chi connectivity index (χ4n) is 2.94. The molecule has 6 heteroatoms. The third-order valence-electron chi connectivity index (χ3n) is 4.46. The minimum Gasteiger partial charge on any atom is -0.483 e. The number of nitro benzene ring substituents is 1. The van der Waals surface area contributed by atoms with Gasteiger partial charge in [0.15, 0.2) is 5.75 Å². The summed E-state index contributed by atoms with van der Waals surface area (Å²) < 4.78 is 5.72. The Bertz CT molecular complexity index is 625. The van der Waals surface area contributed by atoms with Crippen LogP contribution in [0.5, 0.6) is 5.75 Å². The van der Waals surface area contributed by atoms with E-state index in [0.717, 1.165) is 36.9 Å². The van der Waals surface area contributed by atoms with Crippen LogP contribution in [0.3, 0.4) is 0 Å². The number of carbonyl (C=O) groups excluding carboxylic acids is 1. The molecule has 1 heterocycles. The number of nitrogens with zero attached hydrogens (tertiary/aromatic N) is 2.